The number of rotatable bonds is 2. The number of allylic oxidation sites excluding steroid dienone is 1. The summed E-state index contributed by atoms with van der Waals surface area (Å²) in [6.07, 6.45) is 0.304. The highest BCUT2D eigenvalue weighted by Gasteiger charge is 2.25. The zero-order chi connectivity index (χ0) is 7.56. The summed E-state index contributed by atoms with van der Waals surface area (Å²) < 4.78 is 5.02. The highest BCUT2D eigenvalue weighted by Crippen LogP contribution is 2.22. The van der Waals surface area contributed by atoms with Crippen LogP contribution in [-0.4, -0.2) is 24.4 Å². The van der Waals surface area contributed by atoms with E-state index in [2.05, 4.69) is 6.58 Å². The number of ether oxygens (including phenoxy) is 1. The van der Waals surface area contributed by atoms with Crippen LogP contribution in [0.15, 0.2) is 11.6 Å². The van der Waals surface area contributed by atoms with Gasteiger partial charge < -0.3 is 9.84 Å². The van der Waals surface area contributed by atoms with Gasteiger partial charge in [0, 0.05) is 11.0 Å². The van der Waals surface area contributed by atoms with Gasteiger partial charge in [0.05, 0.1) is 19.3 Å². The van der Waals surface area contributed by atoms with Crippen LogP contribution < -0.4 is 0 Å². The number of aliphatic hydroxyl groups is 1. The van der Waals surface area contributed by atoms with Gasteiger partial charge in [-0.1, -0.05) is 18.2 Å². The van der Waals surface area contributed by atoms with Gasteiger partial charge >= 0.3 is 0 Å². The van der Waals surface area contributed by atoms with Gasteiger partial charge in [-0.25, -0.2) is 0 Å². The lowest BCUT2D eigenvalue weighted by Crippen LogP contribution is -2.17. The van der Waals surface area contributed by atoms with Crippen LogP contribution in [0.5, 0.6) is 0 Å². The van der Waals surface area contributed by atoms with Crippen molar-refractivity contribution in [2.75, 3.05) is 13.2 Å². The van der Waals surface area contributed by atoms with Crippen molar-refractivity contribution >= 4 is 11.6 Å². The Kier molecular flexibility index (Phi) is 2.72. The third-order valence-corrected chi connectivity index (χ3v) is 1.80. The van der Waals surface area contributed by atoms with E-state index in [1.54, 1.807) is 0 Å². The molecular weight excluding hydrogens is 152 g/mol. The van der Waals surface area contributed by atoms with Crippen molar-refractivity contribution < 1.29 is 9.84 Å². The van der Waals surface area contributed by atoms with E-state index in [0.29, 0.717) is 24.7 Å². The average molecular weight is 163 g/mol. The van der Waals surface area contributed by atoms with Gasteiger partial charge in [0.15, 0.2) is 0 Å². The van der Waals surface area contributed by atoms with Crippen LogP contribution in [0.25, 0.3) is 0 Å². The zero-order valence-corrected chi connectivity index (χ0v) is 6.47. The van der Waals surface area contributed by atoms with Gasteiger partial charge in [-0.05, 0) is 6.42 Å². The third-order valence-electron chi connectivity index (χ3n) is 1.65. The van der Waals surface area contributed by atoms with E-state index in [1.807, 2.05) is 0 Å². The van der Waals surface area contributed by atoms with Crippen molar-refractivity contribution in [1.82, 2.24) is 0 Å². The van der Waals surface area contributed by atoms with E-state index in [1.165, 1.54) is 0 Å². The number of hydrogen-bond acceptors (Lipinski definition) is 2. The second-order valence-corrected chi connectivity index (χ2v) is 3.12. The van der Waals surface area contributed by atoms with E-state index < -0.39 is 0 Å². The monoisotopic (exact) mass is 162 g/mol. The molecule has 2 atom stereocenters. The molecule has 10 heavy (non-hydrogen) atoms. The molecule has 0 spiro atoms. The zero-order valence-electron chi connectivity index (χ0n) is 5.72. The number of aliphatic hydroxyl groups excluding tert-OH is 1. The minimum absolute atomic E-state index is 0.157. The first-order valence-corrected chi connectivity index (χ1v) is 3.67. The maximum Gasteiger partial charge on any atom is 0.0827 e. The quantitative estimate of drug-likeness (QED) is 0.660. The summed E-state index contributed by atoms with van der Waals surface area (Å²) in [4.78, 5) is 0. The lowest BCUT2D eigenvalue weighted by molar-refractivity contribution is 0.118. The summed E-state index contributed by atoms with van der Waals surface area (Å²) in [5.41, 5.74) is 0. The van der Waals surface area contributed by atoms with Crippen molar-refractivity contribution in [3.8, 4) is 0 Å². The molecule has 0 bridgehead atoms. The van der Waals surface area contributed by atoms with E-state index in [4.69, 9.17) is 16.3 Å². The fourth-order valence-corrected chi connectivity index (χ4v) is 1.26. The minimum Gasteiger partial charge on any atom is -0.390 e. The molecule has 1 aliphatic rings. The van der Waals surface area contributed by atoms with Gasteiger partial charge in [0.2, 0.25) is 0 Å². The van der Waals surface area contributed by atoms with Crippen LogP contribution >= 0.6 is 11.6 Å². The van der Waals surface area contributed by atoms with E-state index in [0.717, 1.165) is 0 Å². The standard InChI is InChI=1S/C7H11ClO2/c1-5(8)2-6-3-10-4-7(6)9/h6-7,9H,1-4H2. The molecule has 0 aromatic carbocycles. The van der Waals surface area contributed by atoms with Gasteiger partial charge in [0.1, 0.15) is 0 Å². The molecule has 0 aromatic heterocycles. The minimum atomic E-state index is -0.351. The number of halogens is 1. The van der Waals surface area contributed by atoms with Gasteiger partial charge in [0.25, 0.3) is 0 Å². The summed E-state index contributed by atoms with van der Waals surface area (Å²) in [7, 11) is 0. The van der Waals surface area contributed by atoms with Crippen LogP contribution in [0.4, 0.5) is 0 Å². The molecule has 0 radical (unpaired) electrons. The fraction of sp³-hybridized carbons (Fsp3) is 0.714. The predicted molar refractivity (Wildman–Crippen MR) is 39.9 cm³/mol. The average Bonchev–Trinajstić information content (AvgIpc) is 2.15. The summed E-state index contributed by atoms with van der Waals surface area (Å²) in [5.74, 6) is 0.157. The van der Waals surface area contributed by atoms with Crippen molar-refractivity contribution in [2.45, 2.75) is 12.5 Å². The van der Waals surface area contributed by atoms with Gasteiger partial charge in [-0.2, -0.15) is 0 Å². The first-order chi connectivity index (χ1) is 4.70. The fourth-order valence-electron chi connectivity index (χ4n) is 1.07. The molecule has 0 aliphatic carbocycles. The first kappa shape index (κ1) is 8.05. The van der Waals surface area contributed by atoms with Crippen LogP contribution in [0, 0.1) is 5.92 Å². The van der Waals surface area contributed by atoms with Crippen molar-refractivity contribution in [2.24, 2.45) is 5.92 Å². The molecule has 1 saturated heterocycles. The van der Waals surface area contributed by atoms with Crippen LogP contribution in [0.3, 0.4) is 0 Å². The van der Waals surface area contributed by atoms with Crippen molar-refractivity contribution in [1.29, 1.82) is 0 Å². The Balaban J connectivity index is 2.33. The summed E-state index contributed by atoms with van der Waals surface area (Å²) in [6.45, 7) is 4.60. The number of hydrogen-bond donors (Lipinski definition) is 1. The second kappa shape index (κ2) is 3.37. The third kappa shape index (κ3) is 1.97. The highest BCUT2D eigenvalue weighted by molar-refractivity contribution is 6.29. The molecule has 1 N–H and O–H groups in total. The van der Waals surface area contributed by atoms with E-state index in [9.17, 15) is 5.11 Å². The highest BCUT2D eigenvalue weighted by atomic mass is 35.5. The van der Waals surface area contributed by atoms with Crippen molar-refractivity contribution in [3.63, 3.8) is 0 Å². The van der Waals surface area contributed by atoms with Crippen molar-refractivity contribution in [3.05, 3.63) is 11.6 Å². The Morgan fingerprint density at radius 2 is 2.40 bits per heavy atom. The normalized spacial score (nSPS) is 32.6. The SMILES string of the molecule is C=C(Cl)CC1COCC1O. The Bertz CT molecular complexity index is 136. The lowest BCUT2D eigenvalue weighted by atomic mass is 10.0. The molecule has 2 nitrogen and oxygen atoms in total. The van der Waals surface area contributed by atoms with E-state index in [-0.39, 0.29) is 12.0 Å². The van der Waals surface area contributed by atoms with Crippen LogP contribution in [0.2, 0.25) is 0 Å². The first-order valence-electron chi connectivity index (χ1n) is 3.29. The maximum atomic E-state index is 9.21. The molecule has 1 aliphatic heterocycles. The molecule has 0 saturated carbocycles. The molecule has 1 rings (SSSR count). The molecule has 2 unspecified atom stereocenters. The molecule has 0 amide bonds. The largest absolute Gasteiger partial charge is 0.390 e. The molecule has 1 heterocycles. The van der Waals surface area contributed by atoms with E-state index >= 15 is 0 Å². The van der Waals surface area contributed by atoms with Gasteiger partial charge in [-0.3, -0.25) is 0 Å². The Hall–Kier alpha value is -0.0500. The molecule has 3 heteroatoms. The molecule has 0 aromatic rings. The topological polar surface area (TPSA) is 29.5 Å². The Morgan fingerprint density at radius 3 is 2.80 bits per heavy atom. The summed E-state index contributed by atoms with van der Waals surface area (Å²) >= 11 is 5.56. The molecular formula is C7H11ClO2. The Labute approximate surface area is 65.4 Å². The molecule has 58 valence electrons. The predicted octanol–water partition coefficient (Wildman–Crippen LogP) is 1.14. The summed E-state index contributed by atoms with van der Waals surface area (Å²) in [6, 6.07) is 0. The van der Waals surface area contributed by atoms with Crippen LogP contribution in [0.1, 0.15) is 6.42 Å². The smallest absolute Gasteiger partial charge is 0.0827 e. The molecule has 1 fully saturated rings. The van der Waals surface area contributed by atoms with Crippen LogP contribution in [-0.2, 0) is 4.74 Å². The second-order valence-electron chi connectivity index (χ2n) is 2.59. The van der Waals surface area contributed by atoms with Gasteiger partial charge in [-0.15, -0.1) is 0 Å². The maximum absolute atomic E-state index is 9.21. The lowest BCUT2D eigenvalue weighted by Gasteiger charge is -2.09. The Morgan fingerprint density at radius 1 is 1.70 bits per heavy atom. The summed E-state index contributed by atoms with van der Waals surface area (Å²) in [5, 5.41) is 9.81.